The molecule has 1 N–H and O–H groups in total. The smallest absolute Gasteiger partial charge is 0.308 e. The molecule has 1 fully saturated rings. The molecule has 1 aliphatic rings. The van der Waals surface area contributed by atoms with Crippen molar-refractivity contribution in [3.8, 4) is 11.5 Å². The number of rotatable bonds is 3. The Labute approximate surface area is 121 Å². The molecule has 1 saturated heterocycles. The molecule has 0 amide bonds. The highest BCUT2D eigenvalue weighted by atomic mass is 16.5. The van der Waals surface area contributed by atoms with E-state index in [1.54, 1.807) is 13.1 Å². The summed E-state index contributed by atoms with van der Waals surface area (Å²) in [7, 11) is 0. The van der Waals surface area contributed by atoms with E-state index in [-0.39, 0.29) is 5.92 Å². The van der Waals surface area contributed by atoms with E-state index >= 15 is 0 Å². The molecule has 3 heterocycles. The summed E-state index contributed by atoms with van der Waals surface area (Å²) in [4.78, 5) is 21.6. The number of aromatic nitrogens is 3. The van der Waals surface area contributed by atoms with E-state index in [2.05, 4.69) is 15.1 Å². The van der Waals surface area contributed by atoms with Gasteiger partial charge in [0, 0.05) is 19.3 Å². The third-order valence-corrected chi connectivity index (χ3v) is 3.62. The van der Waals surface area contributed by atoms with Gasteiger partial charge in [-0.3, -0.25) is 4.79 Å². The largest absolute Gasteiger partial charge is 0.481 e. The lowest BCUT2D eigenvalue weighted by Gasteiger charge is -2.31. The number of hydrogen-bond donors (Lipinski definition) is 1. The van der Waals surface area contributed by atoms with Gasteiger partial charge < -0.3 is 14.5 Å². The Morgan fingerprint density at radius 2 is 2.33 bits per heavy atom. The molecule has 2 aromatic rings. The van der Waals surface area contributed by atoms with Gasteiger partial charge in [-0.1, -0.05) is 5.16 Å². The zero-order valence-electron chi connectivity index (χ0n) is 11.7. The predicted octanol–water partition coefficient (Wildman–Crippen LogP) is 1.74. The molecular weight excluding hydrogens is 272 g/mol. The van der Waals surface area contributed by atoms with Crippen molar-refractivity contribution in [2.45, 2.75) is 19.8 Å². The van der Waals surface area contributed by atoms with Gasteiger partial charge in [0.05, 0.1) is 11.5 Å². The minimum absolute atomic E-state index is 0.321. The maximum Gasteiger partial charge on any atom is 0.308 e. The lowest BCUT2D eigenvalue weighted by Crippen LogP contribution is -2.39. The van der Waals surface area contributed by atoms with Crippen molar-refractivity contribution in [3.05, 3.63) is 24.2 Å². The van der Waals surface area contributed by atoms with Crippen molar-refractivity contribution in [1.82, 2.24) is 15.1 Å². The molecule has 7 nitrogen and oxygen atoms in total. The van der Waals surface area contributed by atoms with Crippen LogP contribution in [0.1, 0.15) is 18.7 Å². The third kappa shape index (κ3) is 2.86. The number of hydrogen-bond acceptors (Lipinski definition) is 6. The molecule has 2 aromatic heterocycles. The second-order valence-electron chi connectivity index (χ2n) is 5.18. The first kappa shape index (κ1) is 13.5. The van der Waals surface area contributed by atoms with Crippen LogP contribution in [-0.4, -0.2) is 39.3 Å². The maximum absolute atomic E-state index is 11.1. The van der Waals surface area contributed by atoms with Gasteiger partial charge in [-0.25, -0.2) is 4.98 Å². The topological polar surface area (TPSA) is 92.4 Å². The van der Waals surface area contributed by atoms with Crippen LogP contribution in [0.4, 0.5) is 5.82 Å². The standard InChI is InChI=1S/C14H16N4O3/c1-9-16-13(21-17-9)10-4-5-12(15-7-10)18-6-2-3-11(8-18)14(19)20/h4-5,7,11H,2-3,6,8H2,1H3,(H,19,20)/t11-/m0/s1. The summed E-state index contributed by atoms with van der Waals surface area (Å²) < 4.78 is 5.09. The van der Waals surface area contributed by atoms with Gasteiger partial charge in [0.1, 0.15) is 5.82 Å². The summed E-state index contributed by atoms with van der Waals surface area (Å²) in [5, 5.41) is 12.9. The fraction of sp³-hybridized carbons (Fsp3) is 0.429. The zero-order chi connectivity index (χ0) is 14.8. The predicted molar refractivity (Wildman–Crippen MR) is 74.8 cm³/mol. The van der Waals surface area contributed by atoms with Gasteiger partial charge in [-0.2, -0.15) is 4.98 Å². The molecule has 0 aromatic carbocycles. The fourth-order valence-electron chi connectivity index (χ4n) is 2.50. The van der Waals surface area contributed by atoms with E-state index < -0.39 is 5.97 Å². The van der Waals surface area contributed by atoms with E-state index in [0.29, 0.717) is 18.3 Å². The molecule has 110 valence electrons. The summed E-state index contributed by atoms with van der Waals surface area (Å²) in [6.45, 7) is 3.09. The van der Waals surface area contributed by atoms with Crippen LogP contribution in [0.25, 0.3) is 11.5 Å². The first-order valence-corrected chi connectivity index (χ1v) is 6.88. The quantitative estimate of drug-likeness (QED) is 0.919. The minimum atomic E-state index is -0.738. The highest BCUT2D eigenvalue weighted by Gasteiger charge is 2.26. The molecule has 7 heteroatoms. The molecule has 0 spiro atoms. The average molecular weight is 288 g/mol. The van der Waals surface area contributed by atoms with Gasteiger partial charge in [0.2, 0.25) is 0 Å². The number of carboxylic acids is 1. The molecule has 0 radical (unpaired) electrons. The Morgan fingerprint density at radius 3 is 2.95 bits per heavy atom. The van der Waals surface area contributed by atoms with Crippen LogP contribution in [0.2, 0.25) is 0 Å². The molecule has 3 rings (SSSR count). The SMILES string of the molecule is Cc1noc(-c2ccc(N3CCC[C@H](C(=O)O)C3)nc2)n1. The Morgan fingerprint density at radius 1 is 1.48 bits per heavy atom. The number of anilines is 1. The first-order valence-electron chi connectivity index (χ1n) is 6.88. The van der Waals surface area contributed by atoms with Crippen molar-refractivity contribution >= 4 is 11.8 Å². The average Bonchev–Trinajstić information content (AvgIpc) is 2.94. The van der Waals surface area contributed by atoms with Crippen molar-refractivity contribution < 1.29 is 14.4 Å². The third-order valence-electron chi connectivity index (χ3n) is 3.62. The first-order chi connectivity index (χ1) is 10.1. The summed E-state index contributed by atoms with van der Waals surface area (Å²) in [5.41, 5.74) is 0.756. The van der Waals surface area contributed by atoms with Crippen LogP contribution in [-0.2, 0) is 4.79 Å². The maximum atomic E-state index is 11.1. The van der Waals surface area contributed by atoms with E-state index in [1.165, 1.54) is 0 Å². The molecule has 0 bridgehead atoms. The van der Waals surface area contributed by atoms with Crippen molar-refractivity contribution in [3.63, 3.8) is 0 Å². The second kappa shape index (κ2) is 5.51. The van der Waals surface area contributed by atoms with Gasteiger partial charge in [-0.05, 0) is 31.9 Å². The highest BCUT2D eigenvalue weighted by Crippen LogP contribution is 2.24. The fourth-order valence-corrected chi connectivity index (χ4v) is 2.50. The van der Waals surface area contributed by atoms with Gasteiger partial charge >= 0.3 is 5.97 Å². The van der Waals surface area contributed by atoms with Crippen LogP contribution in [0.5, 0.6) is 0 Å². The summed E-state index contributed by atoms with van der Waals surface area (Å²) >= 11 is 0. The molecule has 1 atom stereocenters. The second-order valence-corrected chi connectivity index (χ2v) is 5.18. The number of aryl methyl sites for hydroxylation is 1. The summed E-state index contributed by atoms with van der Waals surface area (Å²) in [6.07, 6.45) is 3.26. The highest BCUT2D eigenvalue weighted by molar-refractivity contribution is 5.71. The normalized spacial score (nSPS) is 18.7. The molecule has 21 heavy (non-hydrogen) atoms. The number of pyridine rings is 1. The molecular formula is C14H16N4O3. The van der Waals surface area contributed by atoms with E-state index in [4.69, 9.17) is 9.63 Å². The van der Waals surface area contributed by atoms with Crippen molar-refractivity contribution in [2.75, 3.05) is 18.0 Å². The Bertz CT molecular complexity index is 638. The number of carboxylic acid groups (broad SMARTS) is 1. The number of nitrogens with zero attached hydrogens (tertiary/aromatic N) is 4. The number of aliphatic carboxylic acids is 1. The summed E-state index contributed by atoms with van der Waals surface area (Å²) in [6, 6.07) is 3.72. The van der Waals surface area contributed by atoms with Gasteiger partial charge in [-0.15, -0.1) is 0 Å². The molecule has 1 aliphatic heterocycles. The lowest BCUT2D eigenvalue weighted by molar-refractivity contribution is -0.141. The van der Waals surface area contributed by atoms with Crippen LogP contribution in [0, 0.1) is 12.8 Å². The Kier molecular flexibility index (Phi) is 3.55. The van der Waals surface area contributed by atoms with Gasteiger partial charge in [0.25, 0.3) is 5.89 Å². The van der Waals surface area contributed by atoms with Crippen LogP contribution in [0.3, 0.4) is 0 Å². The van der Waals surface area contributed by atoms with Crippen LogP contribution in [0.15, 0.2) is 22.9 Å². The van der Waals surface area contributed by atoms with Crippen LogP contribution >= 0.6 is 0 Å². The van der Waals surface area contributed by atoms with E-state index in [1.807, 2.05) is 17.0 Å². The zero-order valence-corrected chi connectivity index (χ0v) is 11.7. The Hall–Kier alpha value is -2.44. The monoisotopic (exact) mass is 288 g/mol. The molecule has 0 aliphatic carbocycles. The lowest BCUT2D eigenvalue weighted by atomic mass is 9.98. The molecule has 0 unspecified atom stereocenters. The minimum Gasteiger partial charge on any atom is -0.481 e. The van der Waals surface area contributed by atoms with E-state index in [0.717, 1.165) is 30.8 Å². The van der Waals surface area contributed by atoms with Gasteiger partial charge in [0.15, 0.2) is 5.82 Å². The molecule has 0 saturated carbocycles. The van der Waals surface area contributed by atoms with Crippen molar-refractivity contribution in [2.24, 2.45) is 5.92 Å². The van der Waals surface area contributed by atoms with Crippen LogP contribution < -0.4 is 4.90 Å². The number of carbonyl (C=O) groups is 1. The van der Waals surface area contributed by atoms with Crippen molar-refractivity contribution in [1.29, 1.82) is 0 Å². The number of piperidine rings is 1. The Balaban J connectivity index is 1.76. The van der Waals surface area contributed by atoms with E-state index in [9.17, 15) is 4.79 Å². The summed E-state index contributed by atoms with van der Waals surface area (Å²) in [5.74, 6) is 0.737.